The molecule has 1 aliphatic heterocycles. The van der Waals surface area contributed by atoms with Gasteiger partial charge in [-0.05, 0) is 72.1 Å². The number of halogens is 1. The molecule has 3 aromatic rings. The summed E-state index contributed by atoms with van der Waals surface area (Å²) in [6.07, 6.45) is 0. The van der Waals surface area contributed by atoms with E-state index in [1.807, 2.05) is 67.9 Å². The number of hydrogen-bond acceptors (Lipinski definition) is 6. The zero-order chi connectivity index (χ0) is 21.3. The molecule has 0 aliphatic carbocycles. The molecular formula is C21H22BrN5O2S. The molecule has 30 heavy (non-hydrogen) atoms. The lowest BCUT2D eigenvalue weighted by molar-refractivity contribution is -0.116. The summed E-state index contributed by atoms with van der Waals surface area (Å²) in [7, 11) is 0. The van der Waals surface area contributed by atoms with Gasteiger partial charge >= 0.3 is 0 Å². The second-order valence-electron chi connectivity index (χ2n) is 6.99. The first-order chi connectivity index (χ1) is 14.5. The zero-order valence-corrected chi connectivity index (χ0v) is 19.3. The lowest BCUT2D eigenvalue weighted by atomic mass is 10.0. The van der Waals surface area contributed by atoms with E-state index in [4.69, 9.17) is 4.74 Å². The molecule has 0 unspecified atom stereocenters. The third-order valence-electron chi connectivity index (χ3n) is 4.79. The molecule has 1 amide bonds. The van der Waals surface area contributed by atoms with Gasteiger partial charge in [0.25, 0.3) is 0 Å². The van der Waals surface area contributed by atoms with Crippen LogP contribution >= 0.6 is 27.7 Å². The SMILES string of the molecule is CCOc1ccc([C@@H]2Nn3c(C)nnc3S[C@@H]2C(=O)Nc2ccc(C)cc2Br)cc1. The number of nitrogens with zero attached hydrogens (tertiary/aromatic N) is 3. The summed E-state index contributed by atoms with van der Waals surface area (Å²) in [5.41, 5.74) is 6.24. The van der Waals surface area contributed by atoms with Crippen molar-refractivity contribution in [1.82, 2.24) is 14.9 Å². The molecule has 2 N–H and O–H groups in total. The van der Waals surface area contributed by atoms with Crippen LogP contribution in [0.2, 0.25) is 0 Å². The normalized spacial score (nSPS) is 17.7. The topological polar surface area (TPSA) is 81.1 Å². The van der Waals surface area contributed by atoms with Crippen molar-refractivity contribution in [1.29, 1.82) is 0 Å². The average molecular weight is 488 g/mol. The Morgan fingerprint density at radius 3 is 2.70 bits per heavy atom. The van der Waals surface area contributed by atoms with Crippen LogP contribution in [0.4, 0.5) is 5.69 Å². The molecule has 9 heteroatoms. The van der Waals surface area contributed by atoms with Crippen molar-refractivity contribution >= 4 is 39.3 Å². The zero-order valence-electron chi connectivity index (χ0n) is 16.8. The van der Waals surface area contributed by atoms with Crippen LogP contribution in [0.3, 0.4) is 0 Å². The lowest BCUT2D eigenvalue weighted by Gasteiger charge is -2.32. The third-order valence-corrected chi connectivity index (χ3v) is 6.66. The summed E-state index contributed by atoms with van der Waals surface area (Å²) in [6, 6.07) is 13.4. The Labute approximate surface area is 187 Å². The van der Waals surface area contributed by atoms with Crippen molar-refractivity contribution in [2.24, 2.45) is 0 Å². The van der Waals surface area contributed by atoms with Gasteiger partial charge < -0.3 is 15.5 Å². The largest absolute Gasteiger partial charge is 0.494 e. The van der Waals surface area contributed by atoms with E-state index >= 15 is 0 Å². The number of fused-ring (bicyclic) bond motifs is 1. The van der Waals surface area contributed by atoms with Crippen LogP contribution in [0.25, 0.3) is 0 Å². The lowest BCUT2D eigenvalue weighted by Crippen LogP contribution is -2.41. The minimum Gasteiger partial charge on any atom is -0.494 e. The number of thioether (sulfide) groups is 1. The Balaban J connectivity index is 1.64. The summed E-state index contributed by atoms with van der Waals surface area (Å²) in [5, 5.41) is 11.6. The minimum absolute atomic E-state index is 0.108. The summed E-state index contributed by atoms with van der Waals surface area (Å²) in [6.45, 7) is 6.45. The van der Waals surface area contributed by atoms with Crippen LogP contribution in [-0.2, 0) is 4.79 Å². The summed E-state index contributed by atoms with van der Waals surface area (Å²) >= 11 is 4.93. The number of hydrogen-bond donors (Lipinski definition) is 2. The molecule has 0 saturated heterocycles. The van der Waals surface area contributed by atoms with Gasteiger partial charge in [0.15, 0.2) is 0 Å². The molecule has 156 valence electrons. The Morgan fingerprint density at radius 1 is 1.23 bits per heavy atom. The van der Waals surface area contributed by atoms with Gasteiger partial charge in [-0.1, -0.05) is 30.0 Å². The van der Waals surface area contributed by atoms with Crippen LogP contribution in [0, 0.1) is 13.8 Å². The Morgan fingerprint density at radius 2 is 2.00 bits per heavy atom. The first-order valence-electron chi connectivity index (χ1n) is 9.61. The van der Waals surface area contributed by atoms with Crippen molar-refractivity contribution in [3.05, 3.63) is 63.9 Å². The number of aromatic nitrogens is 3. The number of carbonyl (C=O) groups is 1. The highest BCUT2D eigenvalue weighted by Gasteiger charge is 2.37. The van der Waals surface area contributed by atoms with Crippen LogP contribution in [0.15, 0.2) is 52.1 Å². The number of nitrogens with one attached hydrogen (secondary N) is 2. The Bertz CT molecular complexity index is 1070. The van der Waals surface area contributed by atoms with Gasteiger partial charge in [0.05, 0.1) is 18.3 Å². The predicted molar refractivity (Wildman–Crippen MR) is 122 cm³/mol. The fourth-order valence-electron chi connectivity index (χ4n) is 3.27. The molecule has 2 aromatic carbocycles. The monoisotopic (exact) mass is 487 g/mol. The molecule has 0 radical (unpaired) electrons. The number of benzene rings is 2. The average Bonchev–Trinajstić information content (AvgIpc) is 3.10. The second-order valence-corrected chi connectivity index (χ2v) is 8.95. The fourth-order valence-corrected chi connectivity index (χ4v) is 4.99. The van der Waals surface area contributed by atoms with Crippen LogP contribution < -0.4 is 15.5 Å². The fraction of sp³-hybridized carbons (Fsp3) is 0.286. The van der Waals surface area contributed by atoms with Crippen molar-refractivity contribution < 1.29 is 9.53 Å². The molecule has 2 atom stereocenters. The molecule has 1 aliphatic rings. The first kappa shape index (κ1) is 20.7. The van der Waals surface area contributed by atoms with Crippen LogP contribution in [0.5, 0.6) is 5.75 Å². The molecule has 7 nitrogen and oxygen atoms in total. The number of anilines is 1. The highest BCUT2D eigenvalue weighted by molar-refractivity contribution is 9.10. The van der Waals surface area contributed by atoms with Gasteiger partial charge in [0.2, 0.25) is 11.1 Å². The second kappa shape index (κ2) is 8.69. The van der Waals surface area contributed by atoms with Gasteiger partial charge in [0.1, 0.15) is 16.8 Å². The highest BCUT2D eigenvalue weighted by Crippen LogP contribution is 2.38. The van der Waals surface area contributed by atoms with Crippen molar-refractivity contribution in [2.45, 2.75) is 37.2 Å². The van der Waals surface area contributed by atoms with Crippen LogP contribution in [0.1, 0.15) is 29.9 Å². The smallest absolute Gasteiger partial charge is 0.240 e. The maximum atomic E-state index is 13.3. The van der Waals surface area contributed by atoms with Crippen LogP contribution in [-0.4, -0.2) is 32.6 Å². The van der Waals surface area contributed by atoms with E-state index in [0.717, 1.165) is 32.9 Å². The number of aryl methyl sites for hydroxylation is 2. The van der Waals surface area contributed by atoms with Gasteiger partial charge in [-0.2, -0.15) is 0 Å². The predicted octanol–water partition coefficient (Wildman–Crippen LogP) is 4.45. The van der Waals surface area contributed by atoms with E-state index in [1.54, 1.807) is 0 Å². The minimum atomic E-state index is -0.438. The number of ether oxygens (including phenoxy) is 1. The number of rotatable bonds is 5. The van der Waals surface area contributed by atoms with Gasteiger partial charge in [-0.25, -0.2) is 4.68 Å². The quantitative estimate of drug-likeness (QED) is 0.552. The van der Waals surface area contributed by atoms with E-state index < -0.39 is 5.25 Å². The van der Waals surface area contributed by atoms with Gasteiger partial charge in [-0.15, -0.1) is 10.2 Å². The standard InChI is InChI=1S/C21H22BrN5O2S/c1-4-29-15-8-6-14(7-9-15)18-19(30-21-25-24-13(3)27(21)26-18)20(28)23-17-10-5-12(2)11-16(17)22/h5-11,18-19,26H,4H2,1-3H3,(H,23,28)/t18-,19-/m0/s1. The molecule has 4 rings (SSSR count). The number of carbonyl (C=O) groups excluding carboxylic acids is 1. The maximum Gasteiger partial charge on any atom is 0.240 e. The number of amides is 1. The van der Waals surface area contributed by atoms with Gasteiger partial charge in [-0.3, -0.25) is 4.79 Å². The molecule has 0 spiro atoms. The third kappa shape index (κ3) is 4.17. The Kier molecular flexibility index (Phi) is 6.01. The molecule has 2 heterocycles. The molecule has 0 bridgehead atoms. The molecular weight excluding hydrogens is 466 g/mol. The van der Waals surface area contributed by atoms with E-state index in [1.165, 1.54) is 11.8 Å². The van der Waals surface area contributed by atoms with E-state index in [0.29, 0.717) is 11.8 Å². The van der Waals surface area contributed by atoms with E-state index in [9.17, 15) is 4.79 Å². The summed E-state index contributed by atoms with van der Waals surface area (Å²) in [4.78, 5) is 13.3. The Hall–Kier alpha value is -2.52. The molecule has 0 fully saturated rings. The summed E-state index contributed by atoms with van der Waals surface area (Å²) in [5.74, 6) is 1.44. The van der Waals surface area contributed by atoms with Crippen molar-refractivity contribution in [3.63, 3.8) is 0 Å². The highest BCUT2D eigenvalue weighted by atomic mass is 79.9. The maximum absolute atomic E-state index is 13.3. The van der Waals surface area contributed by atoms with Crippen molar-refractivity contribution in [2.75, 3.05) is 17.3 Å². The van der Waals surface area contributed by atoms with Crippen molar-refractivity contribution in [3.8, 4) is 5.75 Å². The first-order valence-corrected chi connectivity index (χ1v) is 11.3. The van der Waals surface area contributed by atoms with Gasteiger partial charge in [0, 0.05) is 4.47 Å². The van der Waals surface area contributed by atoms with E-state index in [2.05, 4.69) is 36.9 Å². The summed E-state index contributed by atoms with van der Waals surface area (Å²) < 4.78 is 8.23. The molecule has 1 aromatic heterocycles. The molecule has 0 saturated carbocycles. The van der Waals surface area contributed by atoms with E-state index in [-0.39, 0.29) is 11.9 Å².